The topological polar surface area (TPSA) is 76.4 Å². The van der Waals surface area contributed by atoms with Crippen LogP contribution in [0.2, 0.25) is 0 Å². The van der Waals surface area contributed by atoms with Crippen molar-refractivity contribution in [3.05, 3.63) is 29.8 Å². The van der Waals surface area contributed by atoms with Crippen molar-refractivity contribution in [3.63, 3.8) is 0 Å². The van der Waals surface area contributed by atoms with Crippen LogP contribution in [-0.4, -0.2) is 47.8 Å². The highest BCUT2D eigenvalue weighted by Crippen LogP contribution is 2.17. The number of carbonyl (C=O) groups is 2. The van der Waals surface area contributed by atoms with E-state index < -0.39 is 0 Å². The van der Waals surface area contributed by atoms with E-state index in [2.05, 4.69) is 5.32 Å². The van der Waals surface area contributed by atoms with Gasteiger partial charge in [-0.05, 0) is 31.0 Å². The third-order valence-corrected chi connectivity index (χ3v) is 4.19. The Labute approximate surface area is 143 Å². The van der Waals surface area contributed by atoms with Gasteiger partial charge in [-0.2, -0.15) is 5.26 Å². The van der Waals surface area contributed by atoms with Crippen LogP contribution in [0.15, 0.2) is 24.3 Å². The summed E-state index contributed by atoms with van der Waals surface area (Å²) in [5.41, 5.74) is 1.95. The molecule has 1 aliphatic heterocycles. The average Bonchev–Trinajstić information content (AvgIpc) is 2.98. The number of anilines is 1. The quantitative estimate of drug-likeness (QED) is 0.830. The summed E-state index contributed by atoms with van der Waals surface area (Å²) >= 11 is 0. The second-order valence-electron chi connectivity index (χ2n) is 6.15. The van der Waals surface area contributed by atoms with Gasteiger partial charge in [-0.15, -0.1) is 0 Å². The lowest BCUT2D eigenvalue weighted by Crippen LogP contribution is -2.39. The van der Waals surface area contributed by atoms with Gasteiger partial charge in [0.25, 0.3) is 0 Å². The third kappa shape index (κ3) is 4.72. The fourth-order valence-corrected chi connectivity index (χ4v) is 2.77. The molecule has 1 aliphatic rings. The number of benzene rings is 1. The molecule has 1 aromatic carbocycles. The van der Waals surface area contributed by atoms with Crippen LogP contribution in [0.4, 0.5) is 5.69 Å². The minimum absolute atomic E-state index is 0.0445. The molecule has 2 rings (SSSR count). The SMILES string of the molecule is C[C@@H](Nc1ccc(CN2CCCC2=O)cc1)C(=O)N(C)CCC#N. The molecule has 6 heteroatoms. The summed E-state index contributed by atoms with van der Waals surface area (Å²) in [7, 11) is 1.70. The van der Waals surface area contributed by atoms with E-state index in [9.17, 15) is 9.59 Å². The predicted molar refractivity (Wildman–Crippen MR) is 92.0 cm³/mol. The van der Waals surface area contributed by atoms with Crippen LogP contribution in [-0.2, 0) is 16.1 Å². The first-order chi connectivity index (χ1) is 11.5. The Morgan fingerprint density at radius 1 is 1.42 bits per heavy atom. The van der Waals surface area contributed by atoms with Crippen molar-refractivity contribution in [1.29, 1.82) is 5.26 Å². The van der Waals surface area contributed by atoms with E-state index in [1.54, 1.807) is 11.9 Å². The van der Waals surface area contributed by atoms with Crippen molar-refractivity contribution in [2.75, 3.05) is 25.5 Å². The zero-order valence-corrected chi connectivity index (χ0v) is 14.3. The minimum Gasteiger partial charge on any atom is -0.374 e. The van der Waals surface area contributed by atoms with Gasteiger partial charge in [0.05, 0.1) is 12.5 Å². The Balaban J connectivity index is 1.87. The van der Waals surface area contributed by atoms with Crippen LogP contribution < -0.4 is 5.32 Å². The van der Waals surface area contributed by atoms with Gasteiger partial charge in [-0.1, -0.05) is 12.1 Å². The van der Waals surface area contributed by atoms with Crippen molar-refractivity contribution < 1.29 is 9.59 Å². The van der Waals surface area contributed by atoms with Crippen LogP contribution in [0.1, 0.15) is 31.7 Å². The maximum atomic E-state index is 12.2. The molecular formula is C18H24N4O2. The Morgan fingerprint density at radius 2 is 2.12 bits per heavy atom. The molecule has 0 saturated carbocycles. The van der Waals surface area contributed by atoms with Gasteiger partial charge in [0, 0.05) is 38.8 Å². The van der Waals surface area contributed by atoms with Crippen molar-refractivity contribution in [2.45, 2.75) is 38.8 Å². The highest BCUT2D eigenvalue weighted by atomic mass is 16.2. The molecule has 6 nitrogen and oxygen atoms in total. The maximum absolute atomic E-state index is 12.2. The molecule has 24 heavy (non-hydrogen) atoms. The lowest BCUT2D eigenvalue weighted by molar-refractivity contribution is -0.130. The van der Waals surface area contributed by atoms with Gasteiger partial charge in [0.15, 0.2) is 0 Å². The maximum Gasteiger partial charge on any atom is 0.244 e. The second-order valence-corrected chi connectivity index (χ2v) is 6.15. The van der Waals surface area contributed by atoms with E-state index in [0.29, 0.717) is 25.9 Å². The number of nitrogens with one attached hydrogen (secondary N) is 1. The summed E-state index contributed by atoms with van der Waals surface area (Å²) in [5.74, 6) is 0.175. The van der Waals surface area contributed by atoms with E-state index in [1.807, 2.05) is 42.2 Å². The zero-order valence-electron chi connectivity index (χ0n) is 14.3. The number of hydrogen-bond donors (Lipinski definition) is 1. The Hall–Kier alpha value is -2.55. The molecule has 1 heterocycles. The van der Waals surface area contributed by atoms with Gasteiger partial charge in [0.2, 0.25) is 11.8 Å². The van der Waals surface area contributed by atoms with E-state index in [1.165, 1.54) is 0 Å². The van der Waals surface area contributed by atoms with E-state index >= 15 is 0 Å². The second kappa shape index (κ2) is 8.34. The van der Waals surface area contributed by atoms with Crippen LogP contribution >= 0.6 is 0 Å². The number of likely N-dealkylation sites (tertiary alicyclic amines) is 1. The van der Waals surface area contributed by atoms with E-state index in [0.717, 1.165) is 24.2 Å². The molecule has 0 bridgehead atoms. The first-order valence-corrected chi connectivity index (χ1v) is 8.26. The number of carbonyl (C=O) groups excluding carboxylic acids is 2. The summed E-state index contributed by atoms with van der Waals surface area (Å²) in [6.45, 7) is 3.72. The molecule has 1 N–H and O–H groups in total. The minimum atomic E-state index is -0.361. The largest absolute Gasteiger partial charge is 0.374 e. The molecule has 0 unspecified atom stereocenters. The summed E-state index contributed by atoms with van der Waals surface area (Å²) in [6.07, 6.45) is 1.93. The molecule has 1 atom stereocenters. The van der Waals surface area contributed by atoms with Crippen molar-refractivity contribution in [2.24, 2.45) is 0 Å². The summed E-state index contributed by atoms with van der Waals surface area (Å²) in [4.78, 5) is 27.3. The summed E-state index contributed by atoms with van der Waals surface area (Å²) in [6, 6.07) is 9.48. The smallest absolute Gasteiger partial charge is 0.244 e. The summed E-state index contributed by atoms with van der Waals surface area (Å²) < 4.78 is 0. The molecule has 128 valence electrons. The van der Waals surface area contributed by atoms with Gasteiger partial charge in [-0.25, -0.2) is 0 Å². The molecule has 0 radical (unpaired) electrons. The number of amides is 2. The molecule has 0 aliphatic carbocycles. The van der Waals surface area contributed by atoms with Gasteiger partial charge < -0.3 is 15.1 Å². The normalized spacial score (nSPS) is 15.0. The highest BCUT2D eigenvalue weighted by Gasteiger charge is 2.20. The monoisotopic (exact) mass is 328 g/mol. The fraction of sp³-hybridized carbons (Fsp3) is 0.500. The molecule has 1 saturated heterocycles. The Morgan fingerprint density at radius 3 is 2.71 bits per heavy atom. The number of nitrogens with zero attached hydrogens (tertiary/aromatic N) is 3. The highest BCUT2D eigenvalue weighted by molar-refractivity contribution is 5.84. The zero-order chi connectivity index (χ0) is 17.5. The van der Waals surface area contributed by atoms with Crippen molar-refractivity contribution in [3.8, 4) is 6.07 Å². The molecule has 0 spiro atoms. The van der Waals surface area contributed by atoms with E-state index in [-0.39, 0.29) is 17.9 Å². The van der Waals surface area contributed by atoms with Crippen LogP contribution in [0, 0.1) is 11.3 Å². The fourth-order valence-electron chi connectivity index (χ4n) is 2.77. The molecule has 2 amide bonds. The van der Waals surface area contributed by atoms with E-state index in [4.69, 9.17) is 5.26 Å². The number of rotatable bonds is 7. The first kappa shape index (κ1) is 17.8. The predicted octanol–water partition coefficient (Wildman–Crippen LogP) is 1.98. The van der Waals surface area contributed by atoms with Crippen LogP contribution in [0.3, 0.4) is 0 Å². The van der Waals surface area contributed by atoms with Crippen LogP contribution in [0.5, 0.6) is 0 Å². The third-order valence-electron chi connectivity index (χ3n) is 4.19. The number of likely N-dealkylation sites (N-methyl/N-ethyl adjacent to an activating group) is 1. The standard InChI is InChI=1S/C18H24N4O2/c1-14(18(24)21(2)11-4-10-19)20-16-8-6-15(7-9-16)13-22-12-3-5-17(22)23/h6-9,14,20H,3-5,11-13H2,1-2H3/t14-/m1/s1. The summed E-state index contributed by atoms with van der Waals surface area (Å²) in [5, 5.41) is 11.8. The van der Waals surface area contributed by atoms with Gasteiger partial charge in [-0.3, -0.25) is 9.59 Å². The number of hydrogen-bond acceptors (Lipinski definition) is 4. The molecule has 1 fully saturated rings. The van der Waals surface area contributed by atoms with Gasteiger partial charge in [0.1, 0.15) is 6.04 Å². The van der Waals surface area contributed by atoms with Crippen LogP contribution in [0.25, 0.3) is 0 Å². The average molecular weight is 328 g/mol. The van der Waals surface area contributed by atoms with Crippen molar-refractivity contribution >= 4 is 17.5 Å². The van der Waals surface area contributed by atoms with Crippen molar-refractivity contribution in [1.82, 2.24) is 9.80 Å². The number of nitriles is 1. The Kier molecular flexibility index (Phi) is 6.19. The lowest BCUT2D eigenvalue weighted by Gasteiger charge is -2.22. The Bertz CT molecular complexity index is 621. The molecular weight excluding hydrogens is 304 g/mol. The first-order valence-electron chi connectivity index (χ1n) is 8.26. The van der Waals surface area contributed by atoms with Gasteiger partial charge >= 0.3 is 0 Å². The molecule has 1 aromatic rings. The lowest BCUT2D eigenvalue weighted by atomic mass is 10.1. The molecule has 0 aromatic heterocycles.